The van der Waals surface area contributed by atoms with Gasteiger partial charge in [0.25, 0.3) is 0 Å². The molecule has 2 fully saturated rings. The number of benzene rings is 1. The number of hydrogen-bond donors (Lipinski definition) is 0. The molecule has 0 radical (unpaired) electrons. The van der Waals surface area contributed by atoms with E-state index in [0.29, 0.717) is 55.4 Å². The summed E-state index contributed by atoms with van der Waals surface area (Å²) in [5.41, 5.74) is 2.37. The number of hydrogen-bond acceptors (Lipinski definition) is 15. The minimum absolute atomic E-state index is 0.0547. The van der Waals surface area contributed by atoms with Crippen LogP contribution in [0.2, 0.25) is 0 Å². The number of unbranched alkanes of at least 4 members (excludes halogenated alkanes) is 1. The SMILES string of the molecule is CC(C)c1nc(N(C)S(C)=O)nc(-c2ccc(F)cc2)c1/C=C/C1CC(OC(=O)OCCOCCOCCOCCOC(=O)CCCCC2CCSS2)CC(=O)O1. The van der Waals surface area contributed by atoms with Crippen LogP contribution in [-0.2, 0) is 53.7 Å². The third-order valence-corrected chi connectivity index (χ3v) is 12.7. The summed E-state index contributed by atoms with van der Waals surface area (Å²) in [6, 6.07) is 5.85. The van der Waals surface area contributed by atoms with Gasteiger partial charge in [-0.2, -0.15) is 0 Å². The van der Waals surface area contributed by atoms with Gasteiger partial charge in [0.15, 0.2) is 0 Å². The number of rotatable bonds is 24. The second kappa shape index (κ2) is 25.3. The molecule has 0 saturated carbocycles. The van der Waals surface area contributed by atoms with E-state index in [2.05, 4.69) is 9.97 Å². The van der Waals surface area contributed by atoms with E-state index in [0.717, 1.165) is 24.5 Å². The molecule has 1 aromatic carbocycles. The molecule has 0 N–H and O–H groups in total. The van der Waals surface area contributed by atoms with Gasteiger partial charge >= 0.3 is 18.1 Å². The zero-order valence-corrected chi connectivity index (χ0v) is 35.5. The molecule has 57 heavy (non-hydrogen) atoms. The molecule has 0 amide bonds. The van der Waals surface area contributed by atoms with Crippen molar-refractivity contribution in [1.29, 1.82) is 0 Å². The van der Waals surface area contributed by atoms with Crippen molar-refractivity contribution in [2.45, 2.75) is 82.2 Å². The number of carbonyl (C=O) groups is 3. The van der Waals surface area contributed by atoms with Crippen LogP contribution in [0.15, 0.2) is 30.3 Å². The van der Waals surface area contributed by atoms with Crippen molar-refractivity contribution in [2.24, 2.45) is 0 Å². The van der Waals surface area contributed by atoms with Crippen LogP contribution in [0.3, 0.4) is 0 Å². The van der Waals surface area contributed by atoms with Crippen molar-refractivity contribution >= 4 is 62.7 Å². The molecular weight excluding hydrogens is 802 g/mol. The molecule has 0 bridgehead atoms. The Morgan fingerprint density at radius 2 is 1.67 bits per heavy atom. The van der Waals surface area contributed by atoms with Crippen molar-refractivity contribution < 1.29 is 56.1 Å². The highest BCUT2D eigenvalue weighted by Crippen LogP contribution is 2.40. The zero-order chi connectivity index (χ0) is 41.0. The first kappa shape index (κ1) is 46.4. The Labute approximate surface area is 344 Å². The number of ether oxygens (including phenoxy) is 7. The van der Waals surface area contributed by atoms with E-state index in [4.69, 9.17) is 33.2 Å². The Hall–Kier alpha value is -3.29. The molecule has 316 valence electrons. The third kappa shape index (κ3) is 16.8. The lowest BCUT2D eigenvalue weighted by atomic mass is 9.97. The summed E-state index contributed by atoms with van der Waals surface area (Å²) in [6.45, 7) is 5.80. The molecule has 3 heterocycles. The lowest BCUT2D eigenvalue weighted by Gasteiger charge is -2.26. The highest BCUT2D eigenvalue weighted by atomic mass is 33.1. The molecule has 0 spiro atoms. The molecule has 4 rings (SSSR count). The van der Waals surface area contributed by atoms with Gasteiger partial charge in [0, 0.05) is 48.3 Å². The molecule has 18 heteroatoms. The zero-order valence-electron chi connectivity index (χ0n) is 33.0. The number of esters is 2. The minimum atomic E-state index is -1.39. The van der Waals surface area contributed by atoms with Gasteiger partial charge in [-0.15, -0.1) is 0 Å². The topological polar surface area (TPSA) is 162 Å². The molecule has 4 unspecified atom stereocenters. The van der Waals surface area contributed by atoms with Gasteiger partial charge in [0.05, 0.1) is 57.4 Å². The molecule has 2 saturated heterocycles. The maximum Gasteiger partial charge on any atom is 0.508 e. The predicted octanol–water partition coefficient (Wildman–Crippen LogP) is 6.68. The van der Waals surface area contributed by atoms with Gasteiger partial charge in [-0.25, -0.2) is 23.4 Å². The van der Waals surface area contributed by atoms with Gasteiger partial charge < -0.3 is 33.2 Å². The lowest BCUT2D eigenvalue weighted by Crippen LogP contribution is -2.34. The van der Waals surface area contributed by atoms with Crippen LogP contribution in [0.4, 0.5) is 15.1 Å². The van der Waals surface area contributed by atoms with Crippen molar-refractivity contribution in [3.63, 3.8) is 0 Å². The Balaban J connectivity index is 1.11. The summed E-state index contributed by atoms with van der Waals surface area (Å²) >= 11 is 0. The summed E-state index contributed by atoms with van der Waals surface area (Å²) in [6.07, 6.45) is 7.33. The molecular formula is C39H54FN3O11S3. The first-order valence-corrected chi connectivity index (χ1v) is 23.0. The van der Waals surface area contributed by atoms with E-state index < -0.39 is 41.1 Å². The molecule has 4 atom stereocenters. The largest absolute Gasteiger partial charge is 0.508 e. The van der Waals surface area contributed by atoms with Crippen molar-refractivity contribution in [3.8, 4) is 11.3 Å². The second-order valence-corrected chi connectivity index (χ2v) is 17.7. The fourth-order valence-corrected chi connectivity index (χ4v) is 9.09. The minimum Gasteiger partial charge on any atom is -0.463 e. The van der Waals surface area contributed by atoms with E-state index in [1.807, 2.05) is 35.4 Å². The first-order valence-electron chi connectivity index (χ1n) is 19.1. The number of carbonyl (C=O) groups excluding carboxylic acids is 3. The van der Waals surface area contributed by atoms with E-state index >= 15 is 0 Å². The van der Waals surface area contributed by atoms with Gasteiger partial charge in [-0.05, 0) is 55.5 Å². The van der Waals surface area contributed by atoms with E-state index in [1.54, 1.807) is 31.3 Å². The summed E-state index contributed by atoms with van der Waals surface area (Å²) in [7, 11) is 4.12. The average Bonchev–Trinajstić information content (AvgIpc) is 3.70. The number of cyclic esters (lactones) is 1. The molecule has 2 aromatic rings. The number of nitrogens with zero attached hydrogens (tertiary/aromatic N) is 3. The first-order chi connectivity index (χ1) is 27.5. The van der Waals surface area contributed by atoms with Crippen molar-refractivity contribution in [1.82, 2.24) is 9.97 Å². The van der Waals surface area contributed by atoms with Gasteiger partial charge in [-0.1, -0.05) is 47.9 Å². The lowest BCUT2D eigenvalue weighted by molar-refractivity contribution is -0.157. The summed E-state index contributed by atoms with van der Waals surface area (Å²) in [4.78, 5) is 46.1. The van der Waals surface area contributed by atoms with Crippen LogP contribution in [0.1, 0.15) is 76.0 Å². The van der Waals surface area contributed by atoms with Gasteiger partial charge in [0.1, 0.15) is 42.2 Å². The van der Waals surface area contributed by atoms with Crippen LogP contribution >= 0.6 is 21.6 Å². The van der Waals surface area contributed by atoms with Crippen molar-refractivity contribution in [3.05, 3.63) is 47.4 Å². The predicted molar refractivity (Wildman–Crippen MR) is 219 cm³/mol. The van der Waals surface area contributed by atoms with Gasteiger partial charge in [-0.3, -0.25) is 13.9 Å². The van der Waals surface area contributed by atoms with E-state index in [-0.39, 0.29) is 57.1 Å². The molecule has 14 nitrogen and oxygen atoms in total. The second-order valence-electron chi connectivity index (χ2n) is 13.6. The quantitative estimate of drug-likeness (QED) is 0.0475. The highest BCUT2D eigenvalue weighted by molar-refractivity contribution is 8.77. The summed E-state index contributed by atoms with van der Waals surface area (Å²) in [5.74, 6) is 0.252. The van der Waals surface area contributed by atoms with Crippen molar-refractivity contribution in [2.75, 3.05) is 76.2 Å². The standard InChI is InChI=1S/C39H54FN3O11S3/c1-27(2)36-33(37(28-9-11-29(40)12-10-28)42-38(41-36)43(3)57(4)47)14-13-30-25-31(26-35(45)53-30)54-39(46)52-23-21-50-19-17-48-16-18-49-20-22-51-34(44)8-6-5-7-32-15-24-55-56-32/h9-14,27,30-32H,5-8,15-26H2,1-4H3/b14-13+. The van der Waals surface area contributed by atoms with Gasteiger partial charge in [0.2, 0.25) is 5.95 Å². The van der Waals surface area contributed by atoms with E-state index in [1.165, 1.54) is 34.9 Å². The average molecular weight is 856 g/mol. The Morgan fingerprint density at radius 3 is 2.30 bits per heavy atom. The van der Waals surface area contributed by atoms with Crippen LogP contribution < -0.4 is 4.31 Å². The smallest absolute Gasteiger partial charge is 0.463 e. The molecule has 2 aliphatic heterocycles. The number of halogens is 1. The monoisotopic (exact) mass is 855 g/mol. The Bertz CT molecular complexity index is 1630. The van der Waals surface area contributed by atoms with Crippen LogP contribution in [-0.4, -0.2) is 122 Å². The Kier molecular flexibility index (Phi) is 20.6. The molecule has 0 aliphatic carbocycles. The maximum atomic E-state index is 13.8. The maximum absolute atomic E-state index is 13.8. The van der Waals surface area contributed by atoms with Crippen LogP contribution in [0.25, 0.3) is 17.3 Å². The fourth-order valence-electron chi connectivity index (χ4n) is 5.76. The normalized spacial score (nSPS) is 18.8. The highest BCUT2D eigenvalue weighted by Gasteiger charge is 2.31. The molecule has 2 aliphatic rings. The summed E-state index contributed by atoms with van der Waals surface area (Å²) < 4.78 is 65.2. The number of aromatic nitrogens is 2. The van der Waals surface area contributed by atoms with Crippen LogP contribution in [0, 0.1) is 5.82 Å². The van der Waals surface area contributed by atoms with E-state index in [9.17, 15) is 23.0 Å². The Morgan fingerprint density at radius 1 is 1.00 bits per heavy atom. The fraction of sp³-hybridized carbons (Fsp3) is 0.615. The number of anilines is 1. The third-order valence-electron chi connectivity index (χ3n) is 8.77. The summed E-state index contributed by atoms with van der Waals surface area (Å²) in [5, 5.41) is 0.729. The van der Waals surface area contributed by atoms with Crippen LogP contribution in [0.5, 0.6) is 0 Å². The molecule has 1 aromatic heterocycles.